The fraction of sp³-hybridized carbons (Fsp3) is 0.909. The molecule has 0 aliphatic carbocycles. The predicted octanol–water partition coefficient (Wildman–Crippen LogP) is -3.36. The van der Waals surface area contributed by atoms with E-state index in [1.165, 1.54) is 0 Å². The first-order chi connectivity index (χ1) is 6.70. The molecule has 0 bridgehead atoms. The van der Waals surface area contributed by atoms with E-state index < -0.39 is 5.97 Å². The van der Waals surface area contributed by atoms with Crippen LogP contribution in [0.3, 0.4) is 0 Å². The topological polar surface area (TPSA) is 64.2 Å². The molecule has 0 aromatic carbocycles. The molecule has 1 aliphatic rings. The third-order valence-corrected chi connectivity index (χ3v) is 2.73. The first kappa shape index (κ1) is 16.4. The molecule has 88 valence electrons. The van der Waals surface area contributed by atoms with Gasteiger partial charge in [-0.2, -0.15) is 0 Å². The number of piperidine rings is 1. The van der Waals surface area contributed by atoms with Crippen LogP contribution in [0, 0.1) is 0 Å². The van der Waals surface area contributed by atoms with E-state index in [0.717, 1.165) is 12.8 Å². The molecule has 0 amide bonds. The second-order valence-electron chi connectivity index (χ2n) is 5.75. The molecule has 2 N–H and O–H groups in total. The number of carboxylic acid groups (broad SMARTS) is 1. The quantitative estimate of drug-likeness (QED) is 0.502. The Morgan fingerprint density at radius 3 is 2.12 bits per heavy atom. The molecule has 5 heteroatoms. The summed E-state index contributed by atoms with van der Waals surface area (Å²) < 4.78 is 0. The molecule has 1 saturated heterocycles. The van der Waals surface area contributed by atoms with Crippen molar-refractivity contribution in [3.63, 3.8) is 0 Å². The fourth-order valence-corrected chi connectivity index (χ4v) is 2.69. The van der Waals surface area contributed by atoms with Gasteiger partial charge in [-0.25, -0.2) is 0 Å². The van der Waals surface area contributed by atoms with Crippen molar-refractivity contribution in [2.45, 2.75) is 57.7 Å². The van der Waals surface area contributed by atoms with Crippen molar-refractivity contribution in [1.82, 2.24) is 10.6 Å². The summed E-state index contributed by atoms with van der Waals surface area (Å²) in [4.78, 5) is 10.4. The van der Waals surface area contributed by atoms with Crippen molar-refractivity contribution >= 4 is 5.97 Å². The van der Waals surface area contributed by atoms with Crippen molar-refractivity contribution in [1.29, 1.82) is 0 Å². The summed E-state index contributed by atoms with van der Waals surface area (Å²) in [6.45, 7) is 8.50. The molecule has 0 spiro atoms. The van der Waals surface area contributed by atoms with E-state index in [1.54, 1.807) is 0 Å². The molecule has 0 unspecified atom stereocenters. The van der Waals surface area contributed by atoms with Gasteiger partial charge in [0, 0.05) is 23.7 Å². The van der Waals surface area contributed by atoms with Crippen LogP contribution in [0.15, 0.2) is 0 Å². The predicted molar refractivity (Wildman–Crippen MR) is 57.3 cm³/mol. The standard InChI is InChI=1S/C11H22N2O2.Na/c1-10(2)5-8(12-7-9(14)15)6-11(3,4)13-10;/h8,12-13H,5-7H2,1-4H3,(H,14,15);/q;+1/p-1. The molecule has 0 aromatic heterocycles. The second-order valence-corrected chi connectivity index (χ2v) is 5.75. The van der Waals surface area contributed by atoms with E-state index in [9.17, 15) is 9.90 Å². The smallest absolute Gasteiger partial charge is 0.549 e. The van der Waals surface area contributed by atoms with E-state index in [1.807, 2.05) is 0 Å². The summed E-state index contributed by atoms with van der Waals surface area (Å²) in [6, 6.07) is 0.245. The van der Waals surface area contributed by atoms with E-state index in [4.69, 9.17) is 0 Å². The van der Waals surface area contributed by atoms with Crippen molar-refractivity contribution in [3.05, 3.63) is 0 Å². The van der Waals surface area contributed by atoms with Crippen LogP contribution in [0.25, 0.3) is 0 Å². The number of carboxylic acids is 1. The van der Waals surface area contributed by atoms with Crippen LogP contribution in [0.1, 0.15) is 40.5 Å². The number of hydrogen-bond donors (Lipinski definition) is 2. The summed E-state index contributed by atoms with van der Waals surface area (Å²) in [5.74, 6) is -1.04. The van der Waals surface area contributed by atoms with Crippen molar-refractivity contribution < 1.29 is 39.5 Å². The molecule has 4 nitrogen and oxygen atoms in total. The fourth-order valence-electron chi connectivity index (χ4n) is 2.69. The Bertz CT molecular complexity index is 238. The third-order valence-electron chi connectivity index (χ3n) is 2.73. The molecule has 1 heterocycles. The van der Waals surface area contributed by atoms with Gasteiger partial charge in [0.1, 0.15) is 0 Å². The molecule has 16 heavy (non-hydrogen) atoms. The minimum atomic E-state index is -1.04. The third kappa shape index (κ3) is 5.64. The van der Waals surface area contributed by atoms with Crippen LogP contribution in [0.5, 0.6) is 0 Å². The average molecular weight is 236 g/mol. The summed E-state index contributed by atoms with van der Waals surface area (Å²) in [6.07, 6.45) is 1.87. The molecule has 1 rings (SSSR count). The van der Waals surface area contributed by atoms with Crippen LogP contribution in [-0.2, 0) is 4.79 Å². The first-order valence-electron chi connectivity index (χ1n) is 5.43. The molecule has 0 atom stereocenters. The molecule has 0 aromatic rings. The molecule has 1 fully saturated rings. The second kappa shape index (κ2) is 5.83. The maximum absolute atomic E-state index is 10.4. The zero-order chi connectivity index (χ0) is 11.7. The van der Waals surface area contributed by atoms with Crippen LogP contribution in [-0.4, -0.2) is 29.6 Å². The zero-order valence-electron chi connectivity index (χ0n) is 11.0. The van der Waals surface area contributed by atoms with Gasteiger partial charge in [0.15, 0.2) is 0 Å². The molecular formula is C11H21N2NaO2. The monoisotopic (exact) mass is 236 g/mol. The molecular weight excluding hydrogens is 215 g/mol. The van der Waals surface area contributed by atoms with Gasteiger partial charge in [-0.15, -0.1) is 0 Å². The van der Waals surface area contributed by atoms with Gasteiger partial charge >= 0.3 is 29.6 Å². The first-order valence-corrected chi connectivity index (χ1v) is 5.43. The van der Waals surface area contributed by atoms with E-state index in [2.05, 4.69) is 38.3 Å². The Balaban J connectivity index is 0.00000225. The Morgan fingerprint density at radius 2 is 1.75 bits per heavy atom. The van der Waals surface area contributed by atoms with Gasteiger partial charge in [0.05, 0.1) is 5.97 Å². The average Bonchev–Trinajstić information content (AvgIpc) is 1.94. The molecule has 0 saturated carbocycles. The van der Waals surface area contributed by atoms with Crippen molar-refractivity contribution in [3.8, 4) is 0 Å². The Kier molecular flexibility index (Phi) is 5.97. The number of carbonyl (C=O) groups excluding carboxylic acids is 1. The number of rotatable bonds is 3. The number of hydrogen-bond acceptors (Lipinski definition) is 4. The van der Waals surface area contributed by atoms with Gasteiger partial charge in [0.25, 0.3) is 0 Å². The minimum Gasteiger partial charge on any atom is -0.549 e. The SMILES string of the molecule is CC1(C)CC(NCC(=O)[O-])CC(C)(C)N1.[Na+]. The number of carbonyl (C=O) groups is 1. The summed E-state index contributed by atoms with van der Waals surface area (Å²) in [7, 11) is 0. The van der Waals surface area contributed by atoms with Crippen molar-refractivity contribution in [2.75, 3.05) is 6.54 Å². The van der Waals surface area contributed by atoms with Crippen LogP contribution in [0.2, 0.25) is 0 Å². The maximum atomic E-state index is 10.4. The van der Waals surface area contributed by atoms with Gasteiger partial charge in [-0.1, -0.05) is 0 Å². The van der Waals surface area contributed by atoms with Crippen LogP contribution < -0.4 is 45.3 Å². The summed E-state index contributed by atoms with van der Waals surface area (Å²) >= 11 is 0. The van der Waals surface area contributed by atoms with Gasteiger partial charge in [-0.05, 0) is 40.5 Å². The Labute approximate surface area is 120 Å². The van der Waals surface area contributed by atoms with Crippen LogP contribution in [0.4, 0.5) is 0 Å². The molecule has 0 radical (unpaired) electrons. The van der Waals surface area contributed by atoms with Crippen LogP contribution >= 0.6 is 0 Å². The maximum Gasteiger partial charge on any atom is 1.00 e. The van der Waals surface area contributed by atoms with Gasteiger partial charge < -0.3 is 20.5 Å². The Hall–Kier alpha value is 0.390. The number of nitrogens with one attached hydrogen (secondary N) is 2. The zero-order valence-corrected chi connectivity index (χ0v) is 13.0. The van der Waals surface area contributed by atoms with Gasteiger partial charge in [0.2, 0.25) is 0 Å². The largest absolute Gasteiger partial charge is 1.00 e. The molecule has 1 aliphatic heterocycles. The Morgan fingerprint density at radius 1 is 1.31 bits per heavy atom. The number of aliphatic carboxylic acids is 1. The van der Waals surface area contributed by atoms with E-state index >= 15 is 0 Å². The summed E-state index contributed by atoms with van der Waals surface area (Å²) in [5, 5.41) is 17.0. The van der Waals surface area contributed by atoms with Gasteiger partial charge in [-0.3, -0.25) is 0 Å². The van der Waals surface area contributed by atoms with E-state index in [-0.39, 0.29) is 53.2 Å². The van der Waals surface area contributed by atoms with E-state index in [0.29, 0.717) is 0 Å². The normalized spacial score (nSPS) is 23.5. The minimum absolute atomic E-state index is 0. The van der Waals surface area contributed by atoms with Crippen molar-refractivity contribution in [2.24, 2.45) is 0 Å². The summed E-state index contributed by atoms with van der Waals surface area (Å²) in [5.41, 5.74) is 0.0939.